The van der Waals surface area contributed by atoms with Gasteiger partial charge < -0.3 is 34.4 Å². The Morgan fingerprint density at radius 3 is 2.37 bits per heavy atom. The second kappa shape index (κ2) is 13.6. The highest BCUT2D eigenvalue weighted by Crippen LogP contribution is 2.41. The highest BCUT2D eigenvalue weighted by atomic mass is 19.1. The number of phenolic OH excluding ortho intramolecular Hbond substituents is 1. The summed E-state index contributed by atoms with van der Waals surface area (Å²) in [6.45, 7) is 1.86. The molecule has 0 saturated carbocycles. The molecule has 234 valence electrons. The number of aromatic nitrogens is 3. The summed E-state index contributed by atoms with van der Waals surface area (Å²) in [6, 6.07) is 16.0. The van der Waals surface area contributed by atoms with Gasteiger partial charge in [-0.05, 0) is 61.0 Å². The van der Waals surface area contributed by atoms with Crippen molar-refractivity contribution in [1.82, 2.24) is 14.5 Å². The van der Waals surface area contributed by atoms with Gasteiger partial charge in [-0.1, -0.05) is 24.3 Å². The van der Waals surface area contributed by atoms with Gasteiger partial charge in [0.1, 0.15) is 17.3 Å². The van der Waals surface area contributed by atoms with Crippen LogP contribution in [0.4, 0.5) is 8.78 Å². The van der Waals surface area contributed by atoms with E-state index in [1.54, 1.807) is 61.3 Å². The summed E-state index contributed by atoms with van der Waals surface area (Å²) in [5.74, 6) is -6.79. The molecule has 0 aliphatic heterocycles. The second-order valence-electron chi connectivity index (χ2n) is 9.58. The van der Waals surface area contributed by atoms with Gasteiger partial charge in [-0.3, -0.25) is 4.79 Å². The molecular weight excluding hydrogens is 602 g/mol. The SMILES string of the molecule is CCOC(=O)C=Cc1cccc(Oc2c(F)c(Oc3cccc(-c4nccn4C)c3)nc(Oc3cc(C(N)=O)ccc3O)c2F)c1. The van der Waals surface area contributed by atoms with Gasteiger partial charge in [0.25, 0.3) is 11.8 Å². The first-order valence-corrected chi connectivity index (χ1v) is 13.7. The third-order valence-electron chi connectivity index (χ3n) is 6.33. The zero-order valence-electron chi connectivity index (χ0n) is 24.4. The second-order valence-corrected chi connectivity index (χ2v) is 9.58. The summed E-state index contributed by atoms with van der Waals surface area (Å²) in [5.41, 5.74) is 6.38. The van der Waals surface area contributed by atoms with Crippen LogP contribution in [0, 0.1) is 11.6 Å². The molecule has 0 aliphatic carbocycles. The number of aromatic hydroxyl groups is 1. The zero-order chi connectivity index (χ0) is 32.8. The molecule has 3 N–H and O–H groups in total. The third-order valence-corrected chi connectivity index (χ3v) is 6.33. The number of carbonyl (C=O) groups is 2. The zero-order valence-corrected chi connectivity index (χ0v) is 24.4. The van der Waals surface area contributed by atoms with Crippen molar-refractivity contribution in [1.29, 1.82) is 0 Å². The Balaban J connectivity index is 1.56. The molecule has 46 heavy (non-hydrogen) atoms. The van der Waals surface area contributed by atoms with E-state index in [2.05, 4.69) is 9.97 Å². The van der Waals surface area contributed by atoms with Crippen LogP contribution >= 0.6 is 0 Å². The largest absolute Gasteiger partial charge is 0.504 e. The maximum absolute atomic E-state index is 15.9. The Labute approximate surface area is 261 Å². The van der Waals surface area contributed by atoms with Gasteiger partial charge >= 0.3 is 5.97 Å². The van der Waals surface area contributed by atoms with Crippen LogP contribution in [0.5, 0.6) is 40.5 Å². The molecule has 0 saturated heterocycles. The van der Waals surface area contributed by atoms with E-state index < -0.39 is 52.5 Å². The molecular formula is C33H26F2N4O7. The molecule has 0 radical (unpaired) electrons. The molecule has 11 nitrogen and oxygen atoms in total. The third kappa shape index (κ3) is 7.10. The van der Waals surface area contributed by atoms with Gasteiger partial charge in [-0.15, -0.1) is 0 Å². The monoisotopic (exact) mass is 628 g/mol. The quantitative estimate of drug-likeness (QED) is 0.123. The molecule has 2 aromatic heterocycles. The molecule has 3 aromatic carbocycles. The number of primary amides is 1. The average Bonchev–Trinajstić information content (AvgIpc) is 3.47. The number of esters is 1. The van der Waals surface area contributed by atoms with E-state index >= 15 is 8.78 Å². The molecule has 5 aromatic rings. The molecule has 0 unspecified atom stereocenters. The minimum atomic E-state index is -1.39. The van der Waals surface area contributed by atoms with Crippen LogP contribution in [0.25, 0.3) is 17.5 Å². The standard InChI is InChI=1S/C33H26F2N4O7/c1-3-43-26(41)13-10-19-6-4-8-22(16-19)44-29-27(34)32(45-23-9-5-7-21(17-23)31-37-14-15-39(31)2)38-33(28(29)35)46-25-18-20(30(36)42)11-12-24(25)40/h4-18,40H,3H2,1-2H3,(H2,36,42). The summed E-state index contributed by atoms with van der Waals surface area (Å²) in [4.78, 5) is 31.6. The van der Waals surface area contributed by atoms with E-state index in [1.807, 2.05) is 0 Å². The van der Waals surface area contributed by atoms with E-state index in [0.29, 0.717) is 17.0 Å². The molecule has 0 atom stereocenters. The number of nitrogens with two attached hydrogens (primary N) is 1. The Hall–Kier alpha value is -6.24. The van der Waals surface area contributed by atoms with Crippen molar-refractivity contribution >= 4 is 18.0 Å². The number of ether oxygens (including phenoxy) is 4. The first-order valence-electron chi connectivity index (χ1n) is 13.7. The lowest BCUT2D eigenvalue weighted by molar-refractivity contribution is -0.137. The van der Waals surface area contributed by atoms with Crippen molar-refractivity contribution in [3.8, 4) is 51.9 Å². The van der Waals surface area contributed by atoms with Crippen molar-refractivity contribution in [3.63, 3.8) is 0 Å². The molecule has 0 aliphatic rings. The maximum Gasteiger partial charge on any atom is 0.330 e. The lowest BCUT2D eigenvalue weighted by Crippen LogP contribution is -2.10. The van der Waals surface area contributed by atoms with Crippen molar-refractivity contribution in [2.75, 3.05) is 6.61 Å². The number of carbonyl (C=O) groups excluding carboxylic acids is 2. The first-order chi connectivity index (χ1) is 22.1. The highest BCUT2D eigenvalue weighted by Gasteiger charge is 2.27. The maximum atomic E-state index is 15.9. The highest BCUT2D eigenvalue weighted by molar-refractivity contribution is 5.93. The number of halogens is 2. The topological polar surface area (TPSA) is 148 Å². The van der Waals surface area contributed by atoms with E-state index in [1.165, 1.54) is 36.4 Å². The molecule has 0 fully saturated rings. The van der Waals surface area contributed by atoms with E-state index in [4.69, 9.17) is 24.7 Å². The fraction of sp³-hybridized carbons (Fsp3) is 0.0909. The Kier molecular flexibility index (Phi) is 9.22. The molecule has 0 bridgehead atoms. The van der Waals surface area contributed by atoms with Gasteiger partial charge in [-0.25, -0.2) is 9.78 Å². The molecule has 0 spiro atoms. The predicted octanol–water partition coefficient (Wildman–Crippen LogP) is 6.52. The van der Waals surface area contributed by atoms with Crippen molar-refractivity contribution < 1.29 is 42.4 Å². The smallest absolute Gasteiger partial charge is 0.330 e. The molecule has 5 rings (SSSR count). The number of hydrogen-bond donors (Lipinski definition) is 2. The number of nitrogens with zero attached hydrogens (tertiary/aromatic N) is 3. The van der Waals surface area contributed by atoms with Gasteiger partial charge in [0, 0.05) is 36.6 Å². The summed E-state index contributed by atoms with van der Waals surface area (Å²) in [6.07, 6.45) is 6.00. The Bertz CT molecular complexity index is 1960. The minimum Gasteiger partial charge on any atom is -0.504 e. The summed E-state index contributed by atoms with van der Waals surface area (Å²) < 4.78 is 55.4. The van der Waals surface area contributed by atoms with E-state index in [9.17, 15) is 14.7 Å². The number of amides is 1. The van der Waals surface area contributed by atoms with E-state index in [0.717, 1.165) is 12.1 Å². The lowest BCUT2D eigenvalue weighted by atomic mass is 10.2. The number of pyridine rings is 1. The number of hydrogen-bond acceptors (Lipinski definition) is 9. The number of phenols is 1. The predicted molar refractivity (Wildman–Crippen MR) is 162 cm³/mol. The number of benzene rings is 3. The van der Waals surface area contributed by atoms with Crippen molar-refractivity contribution in [2.45, 2.75) is 6.92 Å². The average molecular weight is 629 g/mol. The number of imidazole rings is 1. The summed E-state index contributed by atoms with van der Waals surface area (Å²) in [7, 11) is 1.80. The van der Waals surface area contributed by atoms with Gasteiger partial charge in [0.2, 0.25) is 23.3 Å². The fourth-order valence-corrected chi connectivity index (χ4v) is 4.17. The summed E-state index contributed by atoms with van der Waals surface area (Å²) >= 11 is 0. The van der Waals surface area contributed by atoms with Gasteiger partial charge in [-0.2, -0.15) is 13.8 Å². The lowest BCUT2D eigenvalue weighted by Gasteiger charge is -2.15. The van der Waals surface area contributed by atoms with E-state index in [-0.39, 0.29) is 23.7 Å². The van der Waals surface area contributed by atoms with Gasteiger partial charge in [0.15, 0.2) is 11.5 Å². The molecule has 2 heterocycles. The Morgan fingerprint density at radius 1 is 0.957 bits per heavy atom. The molecule has 1 amide bonds. The first kappa shape index (κ1) is 31.2. The van der Waals surface area contributed by atoms with Crippen LogP contribution in [0.2, 0.25) is 0 Å². The van der Waals surface area contributed by atoms with Crippen molar-refractivity contribution in [2.24, 2.45) is 12.8 Å². The minimum absolute atomic E-state index is 0.0118. The van der Waals surface area contributed by atoms with Crippen molar-refractivity contribution in [3.05, 3.63) is 108 Å². The van der Waals surface area contributed by atoms with Crippen LogP contribution in [0.1, 0.15) is 22.8 Å². The van der Waals surface area contributed by atoms with Crippen LogP contribution in [0.15, 0.2) is 85.2 Å². The number of rotatable bonds is 11. The fourth-order valence-electron chi connectivity index (χ4n) is 4.17. The van der Waals surface area contributed by atoms with Crippen LogP contribution in [-0.4, -0.2) is 38.1 Å². The van der Waals surface area contributed by atoms with Crippen LogP contribution in [-0.2, 0) is 16.6 Å². The summed E-state index contributed by atoms with van der Waals surface area (Å²) in [5, 5.41) is 10.3. The van der Waals surface area contributed by atoms with Gasteiger partial charge in [0.05, 0.1) is 6.61 Å². The van der Waals surface area contributed by atoms with Crippen LogP contribution < -0.4 is 19.9 Å². The molecule has 13 heteroatoms. The number of aryl methyl sites for hydroxylation is 1. The Morgan fingerprint density at radius 2 is 1.67 bits per heavy atom. The van der Waals surface area contributed by atoms with Crippen LogP contribution in [0.3, 0.4) is 0 Å². The normalized spacial score (nSPS) is 11.0.